The summed E-state index contributed by atoms with van der Waals surface area (Å²) in [5, 5.41) is 3.08. The molecule has 1 rings (SSSR count). The van der Waals surface area contributed by atoms with Crippen LogP contribution < -0.4 is 11.1 Å². The van der Waals surface area contributed by atoms with Gasteiger partial charge in [-0.2, -0.15) is 0 Å². The summed E-state index contributed by atoms with van der Waals surface area (Å²) >= 11 is 0. The van der Waals surface area contributed by atoms with Gasteiger partial charge in [0.25, 0.3) is 0 Å². The lowest BCUT2D eigenvalue weighted by atomic mass is 10.0. The van der Waals surface area contributed by atoms with Gasteiger partial charge >= 0.3 is 0 Å². The highest BCUT2D eigenvalue weighted by Crippen LogP contribution is 2.04. The van der Waals surface area contributed by atoms with Gasteiger partial charge in [0.15, 0.2) is 0 Å². The Hall–Kier alpha value is -0.570. The van der Waals surface area contributed by atoms with Crippen LogP contribution in [0, 0.1) is 0 Å². The first kappa shape index (κ1) is 5.56. The zero-order chi connectivity index (χ0) is 5.98. The van der Waals surface area contributed by atoms with Gasteiger partial charge in [-0.1, -0.05) is 0 Å². The minimum atomic E-state index is -0.206. The van der Waals surface area contributed by atoms with Gasteiger partial charge in [0.1, 0.15) is 0 Å². The average molecular weight is 114 g/mol. The molecule has 46 valence electrons. The topological polar surface area (TPSA) is 55.1 Å². The molecule has 3 heteroatoms. The zero-order valence-corrected chi connectivity index (χ0v) is 4.68. The van der Waals surface area contributed by atoms with Gasteiger partial charge in [0.05, 0.1) is 0 Å². The summed E-state index contributed by atoms with van der Waals surface area (Å²) in [5.74, 6) is -0.206. The summed E-state index contributed by atoms with van der Waals surface area (Å²) in [4.78, 5) is 10.2. The molecule has 1 atom stereocenters. The van der Waals surface area contributed by atoms with Crippen LogP contribution in [0.2, 0.25) is 0 Å². The maximum Gasteiger partial charge on any atom is 0.218 e. The summed E-state index contributed by atoms with van der Waals surface area (Å²) in [7, 11) is 0. The van der Waals surface area contributed by atoms with Crippen LogP contribution in [0.15, 0.2) is 0 Å². The van der Waals surface area contributed by atoms with Crippen LogP contribution in [-0.4, -0.2) is 18.5 Å². The van der Waals surface area contributed by atoms with Gasteiger partial charge in [0, 0.05) is 12.5 Å². The van der Waals surface area contributed by atoms with E-state index < -0.39 is 0 Å². The third-order valence-electron chi connectivity index (χ3n) is 1.37. The fourth-order valence-corrected chi connectivity index (χ4v) is 0.766. The van der Waals surface area contributed by atoms with Crippen LogP contribution in [0.3, 0.4) is 0 Å². The smallest absolute Gasteiger partial charge is 0.218 e. The molecule has 0 aromatic heterocycles. The number of carbonyl (C=O) groups excluding carboxylic acids is 1. The lowest BCUT2D eigenvalue weighted by molar-refractivity contribution is -0.118. The van der Waals surface area contributed by atoms with Crippen LogP contribution in [0.5, 0.6) is 0 Å². The molecule has 0 aliphatic carbocycles. The minimum absolute atomic E-state index is 0.206. The number of hydrogen-bond donors (Lipinski definition) is 2. The molecule has 0 spiro atoms. The third-order valence-corrected chi connectivity index (χ3v) is 1.37. The van der Waals surface area contributed by atoms with E-state index in [0.29, 0.717) is 12.5 Å². The predicted molar refractivity (Wildman–Crippen MR) is 30.2 cm³/mol. The van der Waals surface area contributed by atoms with E-state index in [1.165, 1.54) is 0 Å². The molecule has 1 amide bonds. The van der Waals surface area contributed by atoms with E-state index in [-0.39, 0.29) is 5.91 Å². The highest BCUT2D eigenvalue weighted by atomic mass is 16.1. The van der Waals surface area contributed by atoms with Crippen molar-refractivity contribution in [2.75, 3.05) is 6.54 Å². The van der Waals surface area contributed by atoms with Crippen molar-refractivity contribution in [3.63, 3.8) is 0 Å². The number of carbonyl (C=O) groups is 1. The first-order chi connectivity index (χ1) is 3.79. The molecule has 1 heterocycles. The predicted octanol–water partition coefficient (Wildman–Crippen LogP) is -0.776. The third kappa shape index (κ3) is 1.20. The number of amides is 1. The van der Waals surface area contributed by atoms with Gasteiger partial charge < -0.3 is 11.1 Å². The van der Waals surface area contributed by atoms with E-state index in [0.717, 1.165) is 13.0 Å². The first-order valence-electron chi connectivity index (χ1n) is 2.81. The Balaban J connectivity index is 2.09. The number of nitrogens with two attached hydrogens (primary N) is 1. The second kappa shape index (κ2) is 2.13. The van der Waals surface area contributed by atoms with E-state index in [2.05, 4.69) is 5.32 Å². The van der Waals surface area contributed by atoms with E-state index in [9.17, 15) is 4.79 Å². The molecule has 0 aromatic carbocycles. The van der Waals surface area contributed by atoms with Crippen molar-refractivity contribution in [1.29, 1.82) is 0 Å². The van der Waals surface area contributed by atoms with Crippen molar-refractivity contribution in [3.8, 4) is 0 Å². The fourth-order valence-electron chi connectivity index (χ4n) is 0.766. The Morgan fingerprint density at radius 3 is 2.62 bits per heavy atom. The first-order valence-corrected chi connectivity index (χ1v) is 2.81. The molecule has 3 N–H and O–H groups in total. The fraction of sp³-hybridized carbons (Fsp3) is 0.800. The van der Waals surface area contributed by atoms with Crippen LogP contribution >= 0.6 is 0 Å². The lowest BCUT2D eigenvalue weighted by Crippen LogP contribution is -2.45. The van der Waals surface area contributed by atoms with Crippen molar-refractivity contribution < 1.29 is 4.79 Å². The Kier molecular flexibility index (Phi) is 1.48. The number of primary amides is 1. The Labute approximate surface area is 48.2 Å². The minimum Gasteiger partial charge on any atom is -0.370 e. The zero-order valence-electron chi connectivity index (χ0n) is 4.68. The average Bonchev–Trinajstić information content (AvgIpc) is 1.55. The maximum absolute atomic E-state index is 10.2. The Bertz CT molecular complexity index is 98.6. The van der Waals surface area contributed by atoms with Gasteiger partial charge in [0.2, 0.25) is 5.91 Å². The Morgan fingerprint density at radius 1 is 1.88 bits per heavy atom. The second-order valence-electron chi connectivity index (χ2n) is 2.11. The highest BCUT2D eigenvalue weighted by molar-refractivity contribution is 5.74. The van der Waals surface area contributed by atoms with Crippen molar-refractivity contribution in [2.24, 2.45) is 5.73 Å². The monoisotopic (exact) mass is 114 g/mol. The molecule has 3 nitrogen and oxygen atoms in total. The molecular weight excluding hydrogens is 104 g/mol. The van der Waals surface area contributed by atoms with Crippen molar-refractivity contribution in [3.05, 3.63) is 0 Å². The molecule has 1 aliphatic rings. The summed E-state index contributed by atoms with van der Waals surface area (Å²) in [6.45, 7) is 1.04. The number of hydrogen-bond acceptors (Lipinski definition) is 2. The number of nitrogens with one attached hydrogen (secondary N) is 1. The highest BCUT2D eigenvalue weighted by Gasteiger charge is 2.17. The van der Waals surface area contributed by atoms with Crippen LogP contribution in [0.4, 0.5) is 0 Å². The van der Waals surface area contributed by atoms with Crippen LogP contribution in [0.1, 0.15) is 12.8 Å². The molecule has 8 heavy (non-hydrogen) atoms. The molecule has 1 aliphatic heterocycles. The summed E-state index contributed by atoms with van der Waals surface area (Å²) < 4.78 is 0. The largest absolute Gasteiger partial charge is 0.370 e. The molecule has 0 radical (unpaired) electrons. The molecule has 0 aromatic rings. The molecule has 1 fully saturated rings. The van der Waals surface area contributed by atoms with E-state index in [4.69, 9.17) is 5.73 Å². The molecular formula is C5H10N2O. The number of rotatable bonds is 2. The van der Waals surface area contributed by atoms with Crippen LogP contribution in [0.25, 0.3) is 0 Å². The maximum atomic E-state index is 10.2. The van der Waals surface area contributed by atoms with E-state index in [1.807, 2.05) is 0 Å². The van der Waals surface area contributed by atoms with E-state index >= 15 is 0 Å². The van der Waals surface area contributed by atoms with Crippen molar-refractivity contribution in [2.45, 2.75) is 18.9 Å². The normalized spacial score (nSPS) is 26.8. The van der Waals surface area contributed by atoms with Gasteiger partial charge in [-0.15, -0.1) is 0 Å². The summed E-state index contributed by atoms with van der Waals surface area (Å²) in [5.41, 5.74) is 4.92. The second-order valence-corrected chi connectivity index (χ2v) is 2.11. The SMILES string of the molecule is NC(=O)C[C@@H]1CCN1. The van der Waals surface area contributed by atoms with Crippen LogP contribution in [-0.2, 0) is 4.79 Å². The molecule has 0 saturated carbocycles. The molecule has 0 unspecified atom stereocenters. The van der Waals surface area contributed by atoms with Crippen molar-refractivity contribution in [1.82, 2.24) is 5.32 Å². The summed E-state index contributed by atoms with van der Waals surface area (Å²) in [6.07, 6.45) is 1.60. The van der Waals surface area contributed by atoms with Gasteiger partial charge in [-0.05, 0) is 13.0 Å². The lowest BCUT2D eigenvalue weighted by Gasteiger charge is -2.25. The Morgan fingerprint density at radius 2 is 2.50 bits per heavy atom. The quantitative estimate of drug-likeness (QED) is 0.495. The van der Waals surface area contributed by atoms with Gasteiger partial charge in [-0.25, -0.2) is 0 Å². The standard InChI is InChI=1S/C5H10N2O/c6-5(8)3-4-1-2-7-4/h4,7H,1-3H2,(H2,6,8)/t4-/m0/s1. The van der Waals surface area contributed by atoms with Gasteiger partial charge in [-0.3, -0.25) is 4.79 Å². The molecule has 0 bridgehead atoms. The molecule has 1 saturated heterocycles. The van der Waals surface area contributed by atoms with Crippen molar-refractivity contribution >= 4 is 5.91 Å². The summed E-state index contributed by atoms with van der Waals surface area (Å²) in [6, 6.07) is 0.382. The van der Waals surface area contributed by atoms with E-state index in [1.54, 1.807) is 0 Å².